The Hall–Kier alpha value is -1.85. The molecule has 1 aromatic heterocycles. The second-order valence-electron chi connectivity index (χ2n) is 5.80. The van der Waals surface area contributed by atoms with Crippen LogP contribution in [0.1, 0.15) is 36.6 Å². The summed E-state index contributed by atoms with van der Waals surface area (Å²) in [4.78, 5) is 25.4. The summed E-state index contributed by atoms with van der Waals surface area (Å²) < 4.78 is 1.89. The number of carbonyl (C=O) groups is 2. The van der Waals surface area contributed by atoms with Crippen LogP contribution in [0.3, 0.4) is 0 Å². The third kappa shape index (κ3) is 2.19. The van der Waals surface area contributed by atoms with Crippen molar-refractivity contribution >= 4 is 11.8 Å². The van der Waals surface area contributed by atoms with Crippen LogP contribution >= 0.6 is 0 Å². The molecule has 2 atom stereocenters. The van der Waals surface area contributed by atoms with Crippen molar-refractivity contribution in [3.05, 3.63) is 17.5 Å². The van der Waals surface area contributed by atoms with Crippen LogP contribution in [0.2, 0.25) is 0 Å². The highest BCUT2D eigenvalue weighted by Gasteiger charge is 2.34. The number of nitrogens with zero attached hydrogens (tertiary/aromatic N) is 3. The highest BCUT2D eigenvalue weighted by Crippen LogP contribution is 2.29. The van der Waals surface area contributed by atoms with Crippen LogP contribution in [0.4, 0.5) is 0 Å². The van der Waals surface area contributed by atoms with Crippen LogP contribution in [-0.2, 0) is 23.1 Å². The van der Waals surface area contributed by atoms with Crippen LogP contribution in [0, 0.1) is 5.92 Å². The predicted molar refractivity (Wildman–Crippen MR) is 72.8 cm³/mol. The van der Waals surface area contributed by atoms with Gasteiger partial charge in [0.2, 0.25) is 11.8 Å². The Bertz CT molecular complexity index is 551. The molecular formula is C14H20N4O2. The summed E-state index contributed by atoms with van der Waals surface area (Å²) in [5.74, 6) is -0.171. The number of rotatable bonds is 2. The first-order chi connectivity index (χ1) is 9.56. The summed E-state index contributed by atoms with van der Waals surface area (Å²) in [5, 5.41) is 7.38. The van der Waals surface area contributed by atoms with Gasteiger partial charge in [-0.1, -0.05) is 0 Å². The molecule has 20 heavy (non-hydrogen) atoms. The summed E-state index contributed by atoms with van der Waals surface area (Å²) in [6.45, 7) is 0.525. The fraction of sp³-hybridized carbons (Fsp3) is 0.643. The molecule has 2 amide bonds. The zero-order valence-corrected chi connectivity index (χ0v) is 11.9. The summed E-state index contributed by atoms with van der Waals surface area (Å²) >= 11 is 0. The predicted octanol–water partition coefficient (Wildman–Crippen LogP) is 0.392. The van der Waals surface area contributed by atoms with E-state index in [1.54, 1.807) is 11.9 Å². The van der Waals surface area contributed by atoms with Crippen LogP contribution < -0.4 is 5.32 Å². The molecule has 6 heteroatoms. The normalized spacial score (nSPS) is 25.7. The van der Waals surface area contributed by atoms with Gasteiger partial charge in [0.1, 0.15) is 0 Å². The van der Waals surface area contributed by atoms with E-state index in [-0.39, 0.29) is 23.8 Å². The molecule has 1 aliphatic heterocycles. The Morgan fingerprint density at radius 2 is 2.25 bits per heavy atom. The van der Waals surface area contributed by atoms with Gasteiger partial charge in [0, 0.05) is 38.3 Å². The Labute approximate surface area is 118 Å². The molecule has 108 valence electrons. The second kappa shape index (κ2) is 4.92. The maximum absolute atomic E-state index is 12.3. The molecule has 1 saturated heterocycles. The number of hydrogen-bond acceptors (Lipinski definition) is 3. The van der Waals surface area contributed by atoms with E-state index in [9.17, 15) is 9.59 Å². The largest absolute Gasteiger partial charge is 0.349 e. The van der Waals surface area contributed by atoms with Crippen molar-refractivity contribution in [3.63, 3.8) is 0 Å². The fourth-order valence-corrected chi connectivity index (χ4v) is 3.18. The summed E-state index contributed by atoms with van der Waals surface area (Å²) in [7, 11) is 3.68. The number of aryl methyl sites for hydroxylation is 1. The molecule has 1 fully saturated rings. The first-order valence-electron chi connectivity index (χ1n) is 7.11. The van der Waals surface area contributed by atoms with E-state index in [1.807, 2.05) is 17.9 Å². The molecule has 0 aromatic carbocycles. The van der Waals surface area contributed by atoms with Crippen molar-refractivity contribution in [2.75, 3.05) is 13.6 Å². The van der Waals surface area contributed by atoms with E-state index in [2.05, 4.69) is 10.4 Å². The van der Waals surface area contributed by atoms with Crippen molar-refractivity contribution in [3.8, 4) is 0 Å². The lowest BCUT2D eigenvalue weighted by molar-refractivity contribution is -0.128. The zero-order chi connectivity index (χ0) is 14.3. The smallest absolute Gasteiger partial charge is 0.225 e. The standard InChI is InChI=1S/C14H20N4O2/c1-17-8-9(6-13(17)19)14(20)16-11-4-3-5-12-10(11)7-15-18(12)2/h7,9,11H,3-6,8H2,1-2H3,(H,16,20). The fourth-order valence-electron chi connectivity index (χ4n) is 3.18. The molecule has 2 heterocycles. The number of aromatic nitrogens is 2. The molecule has 0 radical (unpaired) electrons. The third-order valence-electron chi connectivity index (χ3n) is 4.40. The molecule has 3 rings (SSSR count). The van der Waals surface area contributed by atoms with Crippen molar-refractivity contribution < 1.29 is 9.59 Å². The molecule has 2 aliphatic rings. The average molecular weight is 276 g/mol. The Morgan fingerprint density at radius 1 is 1.45 bits per heavy atom. The molecule has 0 spiro atoms. The van der Waals surface area contributed by atoms with Gasteiger partial charge in [-0.3, -0.25) is 14.3 Å². The molecule has 1 aromatic rings. The lowest BCUT2D eigenvalue weighted by Crippen LogP contribution is -2.36. The highest BCUT2D eigenvalue weighted by atomic mass is 16.2. The molecule has 2 unspecified atom stereocenters. The molecule has 1 N–H and O–H groups in total. The van der Waals surface area contributed by atoms with Gasteiger partial charge in [0.05, 0.1) is 18.2 Å². The lowest BCUT2D eigenvalue weighted by Gasteiger charge is -2.25. The first-order valence-corrected chi connectivity index (χ1v) is 7.11. The number of nitrogens with one attached hydrogen (secondary N) is 1. The van der Waals surface area contributed by atoms with Gasteiger partial charge in [-0.15, -0.1) is 0 Å². The molecule has 0 bridgehead atoms. The second-order valence-corrected chi connectivity index (χ2v) is 5.80. The summed E-state index contributed by atoms with van der Waals surface area (Å²) in [6, 6.07) is 0.0426. The van der Waals surface area contributed by atoms with E-state index in [0.29, 0.717) is 13.0 Å². The van der Waals surface area contributed by atoms with Crippen molar-refractivity contribution in [1.82, 2.24) is 20.0 Å². The number of hydrogen-bond donors (Lipinski definition) is 1. The molecule has 1 aliphatic carbocycles. The van der Waals surface area contributed by atoms with Gasteiger partial charge < -0.3 is 10.2 Å². The quantitative estimate of drug-likeness (QED) is 0.850. The summed E-state index contributed by atoms with van der Waals surface area (Å²) in [5.41, 5.74) is 2.34. The molecular weight excluding hydrogens is 256 g/mol. The SMILES string of the molecule is CN1CC(C(=O)NC2CCCc3c2cnn3C)CC1=O. The highest BCUT2D eigenvalue weighted by molar-refractivity contribution is 5.89. The number of fused-ring (bicyclic) bond motifs is 1. The third-order valence-corrected chi connectivity index (χ3v) is 4.40. The molecule has 0 saturated carbocycles. The van der Waals surface area contributed by atoms with Crippen LogP contribution in [0.5, 0.6) is 0 Å². The van der Waals surface area contributed by atoms with Gasteiger partial charge >= 0.3 is 0 Å². The van der Waals surface area contributed by atoms with E-state index >= 15 is 0 Å². The van der Waals surface area contributed by atoms with Gasteiger partial charge in [-0.2, -0.15) is 5.10 Å². The number of amides is 2. The van der Waals surface area contributed by atoms with E-state index in [0.717, 1.165) is 24.8 Å². The van der Waals surface area contributed by atoms with Crippen molar-refractivity contribution in [1.29, 1.82) is 0 Å². The summed E-state index contributed by atoms with van der Waals surface area (Å²) in [6.07, 6.45) is 5.20. The Balaban J connectivity index is 1.70. The Kier molecular flexibility index (Phi) is 3.23. The Morgan fingerprint density at radius 3 is 2.95 bits per heavy atom. The van der Waals surface area contributed by atoms with Crippen LogP contribution in [-0.4, -0.2) is 40.1 Å². The molecule has 6 nitrogen and oxygen atoms in total. The monoisotopic (exact) mass is 276 g/mol. The van der Waals surface area contributed by atoms with Gasteiger partial charge in [-0.05, 0) is 19.3 Å². The van der Waals surface area contributed by atoms with Crippen molar-refractivity contribution in [2.45, 2.75) is 31.7 Å². The lowest BCUT2D eigenvalue weighted by atomic mass is 9.92. The average Bonchev–Trinajstić information content (AvgIpc) is 2.95. The van der Waals surface area contributed by atoms with E-state index in [4.69, 9.17) is 0 Å². The maximum atomic E-state index is 12.3. The first kappa shape index (κ1) is 13.1. The topological polar surface area (TPSA) is 67.2 Å². The number of likely N-dealkylation sites (tertiary alicyclic amines) is 1. The van der Waals surface area contributed by atoms with Crippen LogP contribution in [0.25, 0.3) is 0 Å². The van der Waals surface area contributed by atoms with E-state index < -0.39 is 0 Å². The van der Waals surface area contributed by atoms with Gasteiger partial charge in [0.25, 0.3) is 0 Å². The maximum Gasteiger partial charge on any atom is 0.225 e. The van der Waals surface area contributed by atoms with E-state index in [1.165, 1.54) is 5.69 Å². The van der Waals surface area contributed by atoms with Crippen LogP contribution in [0.15, 0.2) is 6.20 Å². The van der Waals surface area contributed by atoms with Gasteiger partial charge in [-0.25, -0.2) is 0 Å². The minimum absolute atomic E-state index is 0.00981. The van der Waals surface area contributed by atoms with Crippen molar-refractivity contribution in [2.24, 2.45) is 13.0 Å². The zero-order valence-electron chi connectivity index (χ0n) is 11.9. The minimum atomic E-state index is -0.213. The van der Waals surface area contributed by atoms with Gasteiger partial charge in [0.15, 0.2) is 0 Å². The minimum Gasteiger partial charge on any atom is -0.349 e. The number of carbonyl (C=O) groups excluding carboxylic acids is 2.